The van der Waals surface area contributed by atoms with E-state index < -0.39 is 11.9 Å². The Labute approximate surface area is 154 Å². The Bertz CT molecular complexity index is 901. The van der Waals surface area contributed by atoms with Gasteiger partial charge in [-0.3, -0.25) is 14.2 Å². The van der Waals surface area contributed by atoms with E-state index in [1.165, 1.54) is 18.0 Å². The third-order valence-electron chi connectivity index (χ3n) is 4.77. The lowest BCUT2D eigenvalue weighted by molar-refractivity contribution is -0.152. The number of carbonyl (C=O) groups excluding carboxylic acids is 2. The van der Waals surface area contributed by atoms with Crippen LogP contribution in [0.25, 0.3) is 10.2 Å². The first kappa shape index (κ1) is 18.6. The highest BCUT2D eigenvalue weighted by atomic mass is 32.1. The van der Waals surface area contributed by atoms with Gasteiger partial charge < -0.3 is 9.47 Å². The number of carbonyl (C=O) groups is 2. The number of methoxy groups -OCH3 is 1. The van der Waals surface area contributed by atoms with Gasteiger partial charge in [0.05, 0.1) is 18.8 Å². The number of hydrogen-bond donors (Lipinski definition) is 0. The summed E-state index contributed by atoms with van der Waals surface area (Å²) in [7, 11) is 1.29. The van der Waals surface area contributed by atoms with Gasteiger partial charge in [-0.25, -0.2) is 9.78 Å². The van der Waals surface area contributed by atoms with Crippen LogP contribution in [0.2, 0.25) is 0 Å². The lowest BCUT2D eigenvalue weighted by Gasteiger charge is -2.26. The number of fused-ring (bicyclic) bond motifs is 1. The van der Waals surface area contributed by atoms with E-state index in [-0.39, 0.29) is 18.2 Å². The van der Waals surface area contributed by atoms with Crippen LogP contribution in [0.15, 0.2) is 11.1 Å². The number of aromatic nitrogens is 2. The summed E-state index contributed by atoms with van der Waals surface area (Å²) in [6.45, 7) is 3.65. The predicted octanol–water partition coefficient (Wildman–Crippen LogP) is 2.67. The molecule has 1 aliphatic rings. The minimum absolute atomic E-state index is 0.0764. The summed E-state index contributed by atoms with van der Waals surface area (Å²) in [6.07, 6.45) is 5.20. The van der Waals surface area contributed by atoms with E-state index in [0.29, 0.717) is 26.6 Å². The van der Waals surface area contributed by atoms with Crippen LogP contribution in [0.1, 0.15) is 47.8 Å². The maximum absolute atomic E-state index is 12.7. The molecule has 0 radical (unpaired) electrons. The number of rotatable bonds is 4. The Hall–Kier alpha value is -2.22. The van der Waals surface area contributed by atoms with Crippen LogP contribution in [-0.2, 0) is 20.8 Å². The first-order chi connectivity index (χ1) is 12.4. The molecule has 3 rings (SSSR count). The Morgan fingerprint density at radius 3 is 2.85 bits per heavy atom. The summed E-state index contributed by atoms with van der Waals surface area (Å²) in [4.78, 5) is 41.8. The first-order valence-electron chi connectivity index (χ1n) is 8.67. The predicted molar refractivity (Wildman–Crippen MR) is 97.5 cm³/mol. The summed E-state index contributed by atoms with van der Waals surface area (Å²) >= 11 is 1.11. The van der Waals surface area contributed by atoms with E-state index >= 15 is 0 Å². The molecule has 2 aromatic rings. The second-order valence-electron chi connectivity index (χ2n) is 6.79. The fourth-order valence-corrected chi connectivity index (χ4v) is 4.46. The number of esters is 2. The molecule has 1 saturated carbocycles. The standard InChI is InChI=1S/C18H22N2O5S/c1-10-5-4-6-12(7-10)25-13(21)8-20-9-19-16-14(17(20)22)11(2)15(26-16)18(23)24-3/h9-10,12H,4-8H2,1-3H3/t10-,12-/m1/s1. The maximum atomic E-state index is 12.7. The number of nitrogens with zero attached hydrogens (tertiary/aromatic N) is 2. The normalized spacial score (nSPS) is 20.1. The summed E-state index contributed by atoms with van der Waals surface area (Å²) in [6, 6.07) is 0. The van der Waals surface area contributed by atoms with Crippen LogP contribution >= 0.6 is 11.3 Å². The molecule has 2 aromatic heterocycles. The molecular formula is C18H22N2O5S. The minimum Gasteiger partial charge on any atom is -0.465 e. The highest BCUT2D eigenvalue weighted by Crippen LogP contribution is 2.28. The summed E-state index contributed by atoms with van der Waals surface area (Å²) < 4.78 is 11.5. The zero-order valence-corrected chi connectivity index (χ0v) is 15.9. The van der Waals surface area contributed by atoms with E-state index in [1.54, 1.807) is 6.92 Å². The molecule has 7 nitrogen and oxygen atoms in total. The molecular weight excluding hydrogens is 356 g/mol. The third-order valence-corrected chi connectivity index (χ3v) is 5.95. The topological polar surface area (TPSA) is 87.5 Å². The summed E-state index contributed by atoms with van der Waals surface area (Å²) in [5.74, 6) is -0.386. The molecule has 2 atom stereocenters. The van der Waals surface area contributed by atoms with Crippen molar-refractivity contribution < 1.29 is 19.1 Å². The molecule has 140 valence electrons. The zero-order chi connectivity index (χ0) is 18.8. The van der Waals surface area contributed by atoms with Crippen LogP contribution < -0.4 is 5.56 Å². The molecule has 0 saturated heterocycles. The Balaban J connectivity index is 1.81. The average molecular weight is 378 g/mol. The monoisotopic (exact) mass is 378 g/mol. The van der Waals surface area contributed by atoms with Crippen LogP contribution in [0, 0.1) is 12.8 Å². The van der Waals surface area contributed by atoms with Crippen LogP contribution in [0.4, 0.5) is 0 Å². The van der Waals surface area contributed by atoms with Crippen molar-refractivity contribution in [3.8, 4) is 0 Å². The van der Waals surface area contributed by atoms with Crippen molar-refractivity contribution in [1.82, 2.24) is 9.55 Å². The third kappa shape index (κ3) is 3.65. The van der Waals surface area contributed by atoms with E-state index in [2.05, 4.69) is 11.9 Å². The van der Waals surface area contributed by atoms with Crippen molar-refractivity contribution >= 4 is 33.5 Å². The van der Waals surface area contributed by atoms with E-state index in [0.717, 1.165) is 37.0 Å². The SMILES string of the molecule is COC(=O)c1sc2ncn(CC(=O)O[C@@H]3CCC[C@@H](C)C3)c(=O)c2c1C. The molecule has 0 aliphatic heterocycles. The summed E-state index contributed by atoms with van der Waals surface area (Å²) in [5, 5.41) is 0.344. The van der Waals surface area contributed by atoms with Gasteiger partial charge in [-0.1, -0.05) is 13.3 Å². The molecule has 1 fully saturated rings. The largest absolute Gasteiger partial charge is 0.465 e. The molecule has 0 N–H and O–H groups in total. The minimum atomic E-state index is -0.498. The van der Waals surface area contributed by atoms with Gasteiger partial charge in [-0.15, -0.1) is 11.3 Å². The Morgan fingerprint density at radius 1 is 1.38 bits per heavy atom. The van der Waals surface area contributed by atoms with Gasteiger partial charge in [0.2, 0.25) is 0 Å². The van der Waals surface area contributed by atoms with Gasteiger partial charge in [-0.05, 0) is 37.7 Å². The zero-order valence-electron chi connectivity index (χ0n) is 15.1. The summed E-state index contributed by atoms with van der Waals surface area (Å²) in [5.41, 5.74) is 0.172. The van der Waals surface area contributed by atoms with Gasteiger partial charge in [0.15, 0.2) is 0 Å². The van der Waals surface area contributed by atoms with E-state index in [9.17, 15) is 14.4 Å². The highest BCUT2D eigenvalue weighted by Gasteiger charge is 2.24. The average Bonchev–Trinajstić information content (AvgIpc) is 2.94. The molecule has 8 heteroatoms. The highest BCUT2D eigenvalue weighted by molar-refractivity contribution is 7.20. The van der Waals surface area contributed by atoms with Crippen LogP contribution in [0.3, 0.4) is 0 Å². The van der Waals surface area contributed by atoms with Crippen LogP contribution in [0.5, 0.6) is 0 Å². The van der Waals surface area contributed by atoms with Crippen molar-refractivity contribution in [3.05, 3.63) is 27.1 Å². The van der Waals surface area contributed by atoms with Crippen molar-refractivity contribution in [2.24, 2.45) is 5.92 Å². The molecule has 0 unspecified atom stereocenters. The quantitative estimate of drug-likeness (QED) is 0.760. The van der Waals surface area contributed by atoms with Gasteiger partial charge >= 0.3 is 11.9 Å². The van der Waals surface area contributed by atoms with Crippen molar-refractivity contribution in [2.75, 3.05) is 7.11 Å². The number of hydrogen-bond acceptors (Lipinski definition) is 7. The number of ether oxygens (including phenoxy) is 2. The van der Waals surface area contributed by atoms with Gasteiger partial charge in [0.1, 0.15) is 22.4 Å². The molecule has 26 heavy (non-hydrogen) atoms. The van der Waals surface area contributed by atoms with E-state index in [1.807, 2.05) is 0 Å². The van der Waals surface area contributed by atoms with Crippen LogP contribution in [-0.4, -0.2) is 34.7 Å². The fraction of sp³-hybridized carbons (Fsp3) is 0.556. The molecule has 0 amide bonds. The maximum Gasteiger partial charge on any atom is 0.348 e. The molecule has 0 spiro atoms. The van der Waals surface area contributed by atoms with Crippen molar-refractivity contribution in [2.45, 2.75) is 52.2 Å². The number of thiophene rings is 1. The first-order valence-corrected chi connectivity index (χ1v) is 9.48. The smallest absolute Gasteiger partial charge is 0.348 e. The lowest BCUT2D eigenvalue weighted by Crippen LogP contribution is -2.30. The molecule has 0 bridgehead atoms. The molecule has 0 aromatic carbocycles. The molecule has 2 heterocycles. The number of aryl methyl sites for hydroxylation is 1. The van der Waals surface area contributed by atoms with Gasteiger partial charge in [0, 0.05) is 0 Å². The van der Waals surface area contributed by atoms with Gasteiger partial charge in [-0.2, -0.15) is 0 Å². The lowest BCUT2D eigenvalue weighted by atomic mass is 9.89. The van der Waals surface area contributed by atoms with Crippen molar-refractivity contribution in [1.29, 1.82) is 0 Å². The molecule has 1 aliphatic carbocycles. The van der Waals surface area contributed by atoms with Gasteiger partial charge in [0.25, 0.3) is 5.56 Å². The van der Waals surface area contributed by atoms with Crippen molar-refractivity contribution in [3.63, 3.8) is 0 Å². The second kappa shape index (κ2) is 7.57. The second-order valence-corrected chi connectivity index (χ2v) is 7.79. The fourth-order valence-electron chi connectivity index (χ4n) is 3.41. The van der Waals surface area contributed by atoms with E-state index in [4.69, 9.17) is 9.47 Å². The Morgan fingerprint density at radius 2 is 2.15 bits per heavy atom. The Kier molecular flexibility index (Phi) is 5.41.